The Hall–Kier alpha value is -2.08. The third kappa shape index (κ3) is 4.22. The van der Waals surface area contributed by atoms with Gasteiger partial charge in [0.25, 0.3) is 5.91 Å². The Morgan fingerprint density at radius 2 is 2.17 bits per heavy atom. The number of carbonyl (C=O) groups is 1. The van der Waals surface area contributed by atoms with E-state index in [1.807, 2.05) is 32.0 Å². The molecule has 6 heteroatoms. The summed E-state index contributed by atoms with van der Waals surface area (Å²) in [6.07, 6.45) is 0.936. The van der Waals surface area contributed by atoms with Crippen molar-refractivity contribution in [2.24, 2.45) is 0 Å². The lowest BCUT2D eigenvalue weighted by Crippen LogP contribution is -2.26. The first-order valence-corrected chi connectivity index (χ1v) is 8.46. The van der Waals surface area contributed by atoms with Gasteiger partial charge in [-0.15, -0.1) is 11.3 Å². The fourth-order valence-electron chi connectivity index (χ4n) is 2.15. The van der Waals surface area contributed by atoms with Gasteiger partial charge in [0.15, 0.2) is 11.5 Å². The van der Waals surface area contributed by atoms with Crippen molar-refractivity contribution in [3.8, 4) is 11.5 Å². The van der Waals surface area contributed by atoms with Crippen molar-refractivity contribution in [2.45, 2.75) is 33.2 Å². The van der Waals surface area contributed by atoms with Gasteiger partial charge >= 0.3 is 0 Å². The van der Waals surface area contributed by atoms with E-state index in [2.05, 4.69) is 17.2 Å². The topological polar surface area (TPSA) is 60.5 Å². The summed E-state index contributed by atoms with van der Waals surface area (Å²) >= 11 is 1.35. The highest BCUT2D eigenvalue weighted by atomic mass is 32.1. The first-order chi connectivity index (χ1) is 11.1. The van der Waals surface area contributed by atoms with Crippen LogP contribution in [0.5, 0.6) is 11.5 Å². The second kappa shape index (κ2) is 7.97. The predicted molar refractivity (Wildman–Crippen MR) is 91.5 cm³/mol. The van der Waals surface area contributed by atoms with Crippen molar-refractivity contribution < 1.29 is 14.3 Å². The zero-order valence-corrected chi connectivity index (χ0v) is 14.7. The van der Waals surface area contributed by atoms with Gasteiger partial charge in [-0.1, -0.05) is 13.0 Å². The lowest BCUT2D eigenvalue weighted by molar-refractivity contribution is 0.0943. The van der Waals surface area contributed by atoms with E-state index in [4.69, 9.17) is 9.47 Å². The molecule has 0 saturated heterocycles. The average molecular weight is 334 g/mol. The fourth-order valence-corrected chi connectivity index (χ4v) is 2.86. The van der Waals surface area contributed by atoms with Gasteiger partial charge in [-0.25, -0.2) is 4.98 Å². The molecule has 1 aromatic carbocycles. The second-order valence-corrected chi connectivity index (χ2v) is 6.08. The monoisotopic (exact) mass is 334 g/mol. The van der Waals surface area contributed by atoms with Crippen molar-refractivity contribution in [1.29, 1.82) is 0 Å². The Morgan fingerprint density at radius 1 is 1.39 bits per heavy atom. The summed E-state index contributed by atoms with van der Waals surface area (Å²) in [6, 6.07) is 5.58. The summed E-state index contributed by atoms with van der Waals surface area (Å²) in [5, 5.41) is 2.99. The third-order valence-corrected chi connectivity index (χ3v) is 4.38. The zero-order valence-electron chi connectivity index (χ0n) is 13.9. The van der Waals surface area contributed by atoms with E-state index in [0.717, 1.165) is 23.4 Å². The standard InChI is InChI=1S/C17H22N2O3S/c1-5-8-22-14-7-6-13(9-15(14)21-4)11(2)19-17(20)16-12(3)18-10-23-16/h6-7,9-11H,5,8H2,1-4H3,(H,19,20)/t11-/m1/s1. The molecule has 2 rings (SSSR count). The van der Waals surface area contributed by atoms with E-state index in [-0.39, 0.29) is 11.9 Å². The van der Waals surface area contributed by atoms with Crippen LogP contribution < -0.4 is 14.8 Å². The molecule has 0 radical (unpaired) electrons. The number of nitrogens with one attached hydrogen (secondary N) is 1. The number of thiazole rings is 1. The number of hydrogen-bond donors (Lipinski definition) is 1. The Morgan fingerprint density at radius 3 is 2.78 bits per heavy atom. The number of aryl methyl sites for hydroxylation is 1. The molecule has 0 aliphatic rings. The van der Waals surface area contributed by atoms with E-state index in [0.29, 0.717) is 17.2 Å². The van der Waals surface area contributed by atoms with Gasteiger partial charge in [0.05, 0.1) is 31.0 Å². The first-order valence-electron chi connectivity index (χ1n) is 7.58. The lowest BCUT2D eigenvalue weighted by atomic mass is 10.1. The summed E-state index contributed by atoms with van der Waals surface area (Å²) in [4.78, 5) is 17.0. The molecule has 1 atom stereocenters. The molecule has 1 N–H and O–H groups in total. The molecule has 0 saturated carbocycles. The molecule has 0 spiro atoms. The molecule has 0 fully saturated rings. The van der Waals surface area contributed by atoms with Crippen LogP contribution in [0.15, 0.2) is 23.7 Å². The van der Waals surface area contributed by atoms with Crippen LogP contribution in [0.3, 0.4) is 0 Å². The number of aromatic nitrogens is 1. The molecular formula is C17H22N2O3S. The number of benzene rings is 1. The molecule has 124 valence electrons. The van der Waals surface area contributed by atoms with Crippen LogP contribution in [0.2, 0.25) is 0 Å². The number of carbonyl (C=O) groups excluding carboxylic acids is 1. The highest BCUT2D eigenvalue weighted by Crippen LogP contribution is 2.30. The van der Waals surface area contributed by atoms with Gasteiger partial charge < -0.3 is 14.8 Å². The number of rotatable bonds is 7. The molecule has 0 unspecified atom stereocenters. The van der Waals surface area contributed by atoms with E-state index >= 15 is 0 Å². The lowest BCUT2D eigenvalue weighted by Gasteiger charge is -2.17. The van der Waals surface area contributed by atoms with Gasteiger partial charge in [0.2, 0.25) is 0 Å². The molecular weight excluding hydrogens is 312 g/mol. The van der Waals surface area contributed by atoms with Crippen molar-refractivity contribution in [2.75, 3.05) is 13.7 Å². The van der Waals surface area contributed by atoms with E-state index < -0.39 is 0 Å². The number of nitrogens with zero attached hydrogens (tertiary/aromatic N) is 1. The number of ether oxygens (including phenoxy) is 2. The van der Waals surface area contributed by atoms with Crippen LogP contribution in [0.25, 0.3) is 0 Å². The Kier molecular flexibility index (Phi) is 5.98. The molecule has 0 aliphatic heterocycles. The summed E-state index contributed by atoms with van der Waals surface area (Å²) < 4.78 is 11.0. The minimum absolute atomic E-state index is 0.109. The van der Waals surface area contributed by atoms with Gasteiger partial charge in [0, 0.05) is 0 Å². The van der Waals surface area contributed by atoms with Crippen molar-refractivity contribution in [3.63, 3.8) is 0 Å². The molecule has 23 heavy (non-hydrogen) atoms. The minimum Gasteiger partial charge on any atom is -0.493 e. The Balaban J connectivity index is 2.11. The van der Waals surface area contributed by atoms with Crippen molar-refractivity contribution >= 4 is 17.2 Å². The van der Waals surface area contributed by atoms with Crippen LogP contribution in [0, 0.1) is 6.92 Å². The van der Waals surface area contributed by atoms with Crippen LogP contribution in [-0.4, -0.2) is 24.6 Å². The second-order valence-electron chi connectivity index (χ2n) is 5.22. The Bertz CT molecular complexity index is 670. The molecule has 1 aromatic heterocycles. The fraction of sp³-hybridized carbons (Fsp3) is 0.412. The van der Waals surface area contributed by atoms with E-state index in [1.165, 1.54) is 11.3 Å². The van der Waals surface area contributed by atoms with Crippen LogP contribution in [0.4, 0.5) is 0 Å². The van der Waals surface area contributed by atoms with Crippen LogP contribution in [-0.2, 0) is 0 Å². The van der Waals surface area contributed by atoms with Crippen molar-refractivity contribution in [1.82, 2.24) is 10.3 Å². The number of methoxy groups -OCH3 is 1. The molecule has 0 aliphatic carbocycles. The maximum atomic E-state index is 12.3. The van der Waals surface area contributed by atoms with E-state index in [1.54, 1.807) is 12.6 Å². The third-order valence-electron chi connectivity index (χ3n) is 3.45. The SMILES string of the molecule is CCCOc1ccc([C@@H](C)NC(=O)c2scnc2C)cc1OC. The number of amides is 1. The largest absolute Gasteiger partial charge is 0.493 e. The van der Waals surface area contributed by atoms with Gasteiger partial charge in [-0.05, 0) is 38.0 Å². The maximum absolute atomic E-state index is 12.3. The number of hydrogen-bond acceptors (Lipinski definition) is 5. The van der Waals surface area contributed by atoms with Crippen molar-refractivity contribution in [3.05, 3.63) is 39.8 Å². The summed E-state index contributed by atoms with van der Waals surface area (Å²) in [7, 11) is 1.61. The predicted octanol–water partition coefficient (Wildman–Crippen LogP) is 3.74. The molecule has 1 heterocycles. The average Bonchev–Trinajstić information content (AvgIpc) is 2.98. The van der Waals surface area contributed by atoms with E-state index in [9.17, 15) is 4.79 Å². The molecule has 1 amide bonds. The molecule has 2 aromatic rings. The van der Waals surface area contributed by atoms with Crippen LogP contribution >= 0.6 is 11.3 Å². The maximum Gasteiger partial charge on any atom is 0.263 e. The highest BCUT2D eigenvalue weighted by molar-refractivity contribution is 7.11. The molecule has 5 nitrogen and oxygen atoms in total. The quantitative estimate of drug-likeness (QED) is 0.838. The summed E-state index contributed by atoms with van der Waals surface area (Å²) in [5.41, 5.74) is 3.39. The Labute approximate surface area is 140 Å². The summed E-state index contributed by atoms with van der Waals surface area (Å²) in [5.74, 6) is 1.28. The van der Waals surface area contributed by atoms with Gasteiger partial charge in [-0.3, -0.25) is 4.79 Å². The van der Waals surface area contributed by atoms with Gasteiger partial charge in [-0.2, -0.15) is 0 Å². The highest BCUT2D eigenvalue weighted by Gasteiger charge is 2.16. The van der Waals surface area contributed by atoms with Crippen LogP contribution in [0.1, 0.15) is 47.2 Å². The molecule has 0 bridgehead atoms. The smallest absolute Gasteiger partial charge is 0.263 e. The zero-order chi connectivity index (χ0) is 16.8. The van der Waals surface area contributed by atoms with Gasteiger partial charge in [0.1, 0.15) is 4.88 Å². The normalized spacial score (nSPS) is 11.8. The minimum atomic E-state index is -0.141. The first kappa shape index (κ1) is 17.3. The summed E-state index contributed by atoms with van der Waals surface area (Å²) in [6.45, 7) is 6.47.